The first-order valence-electron chi connectivity index (χ1n) is 4.55. The van der Waals surface area contributed by atoms with E-state index in [9.17, 15) is 9.59 Å². The van der Waals surface area contributed by atoms with Crippen molar-refractivity contribution in [2.45, 2.75) is 33.1 Å². The van der Waals surface area contributed by atoms with E-state index in [2.05, 4.69) is 5.10 Å². The monoisotopic (exact) mass is 196 g/mol. The largest absolute Gasteiger partial charge is 0.299 e. The Morgan fingerprint density at radius 3 is 2.14 bits per heavy atom. The second kappa shape index (κ2) is 3.12. The Bertz CT molecular complexity index is 418. The molecule has 0 saturated carbocycles. The van der Waals surface area contributed by atoms with Crippen molar-refractivity contribution in [2.75, 3.05) is 0 Å². The van der Waals surface area contributed by atoms with Gasteiger partial charge in [-0.1, -0.05) is 20.8 Å². The molecule has 78 valence electrons. The zero-order valence-electron chi connectivity index (χ0n) is 9.26. The van der Waals surface area contributed by atoms with Crippen molar-refractivity contribution >= 4 is 5.78 Å². The molecule has 0 radical (unpaired) electrons. The fourth-order valence-corrected chi connectivity index (χ4v) is 1.42. The predicted molar refractivity (Wildman–Crippen MR) is 54.7 cm³/mol. The van der Waals surface area contributed by atoms with Crippen LogP contribution in [0.4, 0.5) is 0 Å². The molecular weight excluding hydrogens is 180 g/mol. The summed E-state index contributed by atoms with van der Waals surface area (Å²) in [7, 11) is 1.62. The van der Waals surface area contributed by atoms with E-state index in [1.807, 2.05) is 20.8 Å². The Morgan fingerprint density at radius 2 is 1.86 bits per heavy atom. The molecule has 1 rings (SSSR count). The Labute approximate surface area is 82.9 Å². The van der Waals surface area contributed by atoms with Gasteiger partial charge in [-0.05, 0) is 6.92 Å². The van der Waals surface area contributed by atoms with Gasteiger partial charge in [0.05, 0.1) is 5.69 Å². The zero-order chi connectivity index (χ0) is 11.1. The number of aryl methyl sites for hydroxylation is 1. The molecule has 1 aromatic rings. The molecule has 1 heterocycles. The Balaban J connectivity index is 3.53. The molecule has 0 unspecified atom stereocenters. The van der Waals surface area contributed by atoms with E-state index < -0.39 is 0 Å². The summed E-state index contributed by atoms with van der Waals surface area (Å²) < 4.78 is 1.34. The van der Waals surface area contributed by atoms with Crippen LogP contribution >= 0.6 is 0 Å². The second-order valence-corrected chi connectivity index (χ2v) is 4.53. The van der Waals surface area contributed by atoms with Crippen molar-refractivity contribution in [1.29, 1.82) is 0 Å². The molecule has 0 aliphatic rings. The SMILES string of the molecule is CC(=O)c1c(C(C)(C)C)[nH]n(C)c1=O. The molecule has 4 nitrogen and oxygen atoms in total. The molecule has 0 amide bonds. The molecular formula is C10H16N2O2. The normalized spacial score (nSPS) is 11.8. The number of ketones is 1. The minimum Gasteiger partial charge on any atom is -0.299 e. The number of hydrogen-bond donors (Lipinski definition) is 1. The lowest BCUT2D eigenvalue weighted by Gasteiger charge is -2.17. The van der Waals surface area contributed by atoms with Crippen LogP contribution in [0, 0.1) is 0 Å². The van der Waals surface area contributed by atoms with Crippen LogP contribution in [-0.4, -0.2) is 15.6 Å². The van der Waals surface area contributed by atoms with Gasteiger partial charge in [0, 0.05) is 12.5 Å². The number of rotatable bonds is 1. The maximum Gasteiger partial charge on any atom is 0.277 e. The molecule has 0 aromatic carbocycles. The average molecular weight is 196 g/mol. The van der Waals surface area contributed by atoms with E-state index in [0.29, 0.717) is 5.69 Å². The van der Waals surface area contributed by atoms with E-state index in [4.69, 9.17) is 0 Å². The van der Waals surface area contributed by atoms with Crippen LogP contribution in [0.5, 0.6) is 0 Å². The average Bonchev–Trinajstić information content (AvgIpc) is 2.27. The number of carbonyl (C=O) groups excluding carboxylic acids is 1. The number of H-pyrrole nitrogens is 1. The van der Waals surface area contributed by atoms with Crippen LogP contribution in [0.3, 0.4) is 0 Å². The van der Waals surface area contributed by atoms with Crippen molar-refractivity contribution in [3.05, 3.63) is 21.6 Å². The third kappa shape index (κ3) is 1.64. The number of aromatic amines is 1. The van der Waals surface area contributed by atoms with Crippen LogP contribution in [0.1, 0.15) is 43.7 Å². The summed E-state index contributed by atoms with van der Waals surface area (Å²) >= 11 is 0. The molecule has 0 spiro atoms. The van der Waals surface area contributed by atoms with Gasteiger partial charge in [-0.15, -0.1) is 0 Å². The second-order valence-electron chi connectivity index (χ2n) is 4.53. The maximum absolute atomic E-state index is 11.6. The van der Waals surface area contributed by atoms with Crippen molar-refractivity contribution in [2.24, 2.45) is 7.05 Å². The molecule has 0 aliphatic carbocycles. The zero-order valence-corrected chi connectivity index (χ0v) is 9.26. The van der Waals surface area contributed by atoms with E-state index in [0.717, 1.165) is 0 Å². The number of aromatic nitrogens is 2. The molecule has 14 heavy (non-hydrogen) atoms. The van der Waals surface area contributed by atoms with Gasteiger partial charge in [0.15, 0.2) is 5.78 Å². The topological polar surface area (TPSA) is 54.9 Å². The first kappa shape index (κ1) is 10.8. The molecule has 0 aliphatic heterocycles. The van der Waals surface area contributed by atoms with Gasteiger partial charge in [0.2, 0.25) is 0 Å². The predicted octanol–water partition coefficient (Wildman–Crippen LogP) is 1.21. The van der Waals surface area contributed by atoms with Crippen LogP contribution < -0.4 is 5.56 Å². The number of hydrogen-bond acceptors (Lipinski definition) is 2. The van der Waals surface area contributed by atoms with Gasteiger partial charge in [0.25, 0.3) is 5.56 Å². The van der Waals surface area contributed by atoms with Gasteiger partial charge < -0.3 is 0 Å². The van der Waals surface area contributed by atoms with E-state index >= 15 is 0 Å². The molecule has 1 aromatic heterocycles. The van der Waals surface area contributed by atoms with Gasteiger partial charge in [-0.2, -0.15) is 0 Å². The lowest BCUT2D eigenvalue weighted by atomic mass is 9.88. The number of nitrogens with one attached hydrogen (secondary N) is 1. The van der Waals surface area contributed by atoms with Crippen LogP contribution in [-0.2, 0) is 12.5 Å². The molecule has 0 atom stereocenters. The summed E-state index contributed by atoms with van der Waals surface area (Å²) in [6.07, 6.45) is 0. The fraction of sp³-hybridized carbons (Fsp3) is 0.600. The van der Waals surface area contributed by atoms with Crippen molar-refractivity contribution in [3.63, 3.8) is 0 Å². The van der Waals surface area contributed by atoms with Gasteiger partial charge in [-0.25, -0.2) is 0 Å². The highest BCUT2D eigenvalue weighted by molar-refractivity contribution is 5.95. The third-order valence-electron chi connectivity index (χ3n) is 2.15. The Morgan fingerprint density at radius 1 is 1.36 bits per heavy atom. The highest BCUT2D eigenvalue weighted by atomic mass is 16.2. The highest BCUT2D eigenvalue weighted by Crippen LogP contribution is 2.22. The third-order valence-corrected chi connectivity index (χ3v) is 2.15. The summed E-state index contributed by atoms with van der Waals surface area (Å²) in [5.41, 5.74) is 0.515. The first-order chi connectivity index (χ1) is 6.25. The molecule has 0 saturated heterocycles. The lowest BCUT2D eigenvalue weighted by molar-refractivity contribution is 0.101. The van der Waals surface area contributed by atoms with Crippen LogP contribution in [0.25, 0.3) is 0 Å². The van der Waals surface area contributed by atoms with E-state index in [1.54, 1.807) is 7.05 Å². The summed E-state index contributed by atoms with van der Waals surface area (Å²) in [6, 6.07) is 0. The van der Waals surface area contributed by atoms with Gasteiger partial charge >= 0.3 is 0 Å². The standard InChI is InChI=1S/C10H16N2O2/c1-6(13)7-8(10(2,3)4)11-12(5)9(7)14/h11H,1-5H3. The Hall–Kier alpha value is -1.32. The number of Topliss-reactive ketones (excluding diaryl/α,β-unsaturated/α-hetero) is 1. The molecule has 1 N–H and O–H groups in total. The summed E-state index contributed by atoms with van der Waals surface area (Å²) in [5, 5.41) is 2.92. The number of carbonyl (C=O) groups is 1. The highest BCUT2D eigenvalue weighted by Gasteiger charge is 2.25. The fourth-order valence-electron chi connectivity index (χ4n) is 1.42. The smallest absolute Gasteiger partial charge is 0.277 e. The van der Waals surface area contributed by atoms with Gasteiger partial charge in [-0.3, -0.25) is 19.4 Å². The van der Waals surface area contributed by atoms with Gasteiger partial charge in [0.1, 0.15) is 5.56 Å². The number of nitrogens with zero attached hydrogens (tertiary/aromatic N) is 1. The van der Waals surface area contributed by atoms with E-state index in [-0.39, 0.29) is 22.3 Å². The Kier molecular flexibility index (Phi) is 2.39. The van der Waals surface area contributed by atoms with Crippen molar-refractivity contribution in [1.82, 2.24) is 9.78 Å². The summed E-state index contributed by atoms with van der Waals surface area (Å²) in [4.78, 5) is 22.9. The maximum atomic E-state index is 11.6. The van der Waals surface area contributed by atoms with Crippen LogP contribution in [0.2, 0.25) is 0 Å². The minimum atomic E-state index is -0.248. The summed E-state index contributed by atoms with van der Waals surface area (Å²) in [6.45, 7) is 7.31. The molecule has 0 fully saturated rings. The van der Waals surface area contributed by atoms with Crippen molar-refractivity contribution < 1.29 is 4.79 Å². The minimum absolute atomic E-state index is 0.184. The molecule has 0 bridgehead atoms. The van der Waals surface area contributed by atoms with E-state index in [1.165, 1.54) is 11.6 Å². The molecule has 4 heteroatoms. The first-order valence-corrected chi connectivity index (χ1v) is 4.55. The van der Waals surface area contributed by atoms with Crippen molar-refractivity contribution in [3.8, 4) is 0 Å². The quantitative estimate of drug-likeness (QED) is 0.686. The lowest BCUT2D eigenvalue weighted by Crippen LogP contribution is -2.20. The summed E-state index contributed by atoms with van der Waals surface area (Å²) in [5.74, 6) is -0.184. The van der Waals surface area contributed by atoms with Crippen LogP contribution in [0.15, 0.2) is 4.79 Å².